The summed E-state index contributed by atoms with van der Waals surface area (Å²) >= 11 is 0. The number of nitrogens with zero attached hydrogens (tertiary/aromatic N) is 3. The van der Waals surface area contributed by atoms with E-state index in [1.807, 2.05) is 48.7 Å². The molecule has 0 bridgehead atoms. The first kappa shape index (κ1) is 20.4. The van der Waals surface area contributed by atoms with Crippen molar-refractivity contribution in [1.82, 2.24) is 13.8 Å². The molecule has 7 nitrogen and oxygen atoms in total. The number of sulfonamides is 1. The number of carbonyl (C=O) groups excluding carboxylic acids is 1. The molecule has 28 heavy (non-hydrogen) atoms. The van der Waals surface area contributed by atoms with Crippen LogP contribution in [0.4, 0.5) is 0 Å². The third-order valence-corrected chi connectivity index (χ3v) is 7.14. The summed E-state index contributed by atoms with van der Waals surface area (Å²) in [7, 11) is -1.58. The zero-order chi connectivity index (χ0) is 20.5. The van der Waals surface area contributed by atoms with Gasteiger partial charge in [0.15, 0.2) is 0 Å². The molecule has 1 amide bonds. The first-order chi connectivity index (χ1) is 13.3. The highest BCUT2D eigenvalue weighted by atomic mass is 32.2. The second kappa shape index (κ2) is 7.97. The highest BCUT2D eigenvalue weighted by molar-refractivity contribution is 7.89. The van der Waals surface area contributed by atoms with Crippen molar-refractivity contribution in [2.75, 3.05) is 39.0 Å². The number of rotatable bonds is 5. The summed E-state index contributed by atoms with van der Waals surface area (Å²) in [6.45, 7) is 7.03. The van der Waals surface area contributed by atoms with Gasteiger partial charge in [0.05, 0.1) is 18.4 Å². The van der Waals surface area contributed by atoms with E-state index < -0.39 is 10.0 Å². The summed E-state index contributed by atoms with van der Waals surface area (Å²) in [5.41, 5.74) is 3.40. The Kier molecular flexibility index (Phi) is 5.81. The van der Waals surface area contributed by atoms with Crippen LogP contribution in [-0.2, 0) is 10.0 Å². The Bertz CT molecular complexity index is 973. The fourth-order valence-electron chi connectivity index (χ4n) is 3.65. The Balaban J connectivity index is 1.82. The van der Waals surface area contributed by atoms with Crippen LogP contribution in [-0.4, -0.2) is 67.1 Å². The van der Waals surface area contributed by atoms with Gasteiger partial charge in [0.25, 0.3) is 5.91 Å². The molecule has 0 saturated carbocycles. The van der Waals surface area contributed by atoms with Crippen LogP contribution in [0, 0.1) is 13.8 Å². The van der Waals surface area contributed by atoms with Crippen LogP contribution in [0.15, 0.2) is 30.3 Å². The number of piperazine rings is 1. The highest BCUT2D eigenvalue weighted by Gasteiger charge is 2.29. The lowest BCUT2D eigenvalue weighted by molar-refractivity contribution is 0.0697. The molecule has 1 aromatic heterocycles. The van der Waals surface area contributed by atoms with Crippen LogP contribution in [0.5, 0.6) is 5.75 Å². The van der Waals surface area contributed by atoms with Crippen molar-refractivity contribution in [3.8, 4) is 11.4 Å². The van der Waals surface area contributed by atoms with Crippen LogP contribution < -0.4 is 4.74 Å². The number of benzene rings is 1. The Hall–Kier alpha value is -2.32. The minimum atomic E-state index is -3.21. The summed E-state index contributed by atoms with van der Waals surface area (Å²) in [6.07, 6.45) is 0. The van der Waals surface area contributed by atoms with Gasteiger partial charge in [-0.25, -0.2) is 8.42 Å². The standard InChI is InChI=1S/C20H27N3O4S/c1-5-28(25,26)22-11-9-21(10-12-22)20(24)19-13-15(2)23(16(19)3)17-7-6-8-18(14-17)27-4/h6-8,13-14H,5,9-12H2,1-4H3. The topological polar surface area (TPSA) is 71.9 Å². The van der Waals surface area contributed by atoms with Crippen molar-refractivity contribution in [1.29, 1.82) is 0 Å². The SMILES string of the molecule is CCS(=O)(=O)N1CCN(C(=O)c2cc(C)n(-c3cccc(OC)c3)c2C)CC1. The number of hydrogen-bond acceptors (Lipinski definition) is 4. The molecule has 0 unspecified atom stereocenters. The fraction of sp³-hybridized carbons (Fsp3) is 0.450. The molecule has 1 aliphatic heterocycles. The van der Waals surface area contributed by atoms with Gasteiger partial charge in [-0.3, -0.25) is 4.79 Å². The lowest BCUT2D eigenvalue weighted by Gasteiger charge is -2.33. The molecule has 0 radical (unpaired) electrons. The summed E-state index contributed by atoms with van der Waals surface area (Å²) < 4.78 is 32.9. The van der Waals surface area contributed by atoms with E-state index in [0.29, 0.717) is 31.7 Å². The molecule has 1 fully saturated rings. The minimum Gasteiger partial charge on any atom is -0.497 e. The summed E-state index contributed by atoms with van der Waals surface area (Å²) in [6, 6.07) is 9.61. The Morgan fingerprint density at radius 1 is 1.11 bits per heavy atom. The van der Waals surface area contributed by atoms with Crippen LogP contribution in [0.2, 0.25) is 0 Å². The Morgan fingerprint density at radius 2 is 1.79 bits per heavy atom. The predicted molar refractivity (Wildman–Crippen MR) is 109 cm³/mol. The van der Waals surface area contributed by atoms with Crippen molar-refractivity contribution in [3.05, 3.63) is 47.3 Å². The molecule has 8 heteroatoms. The molecular weight excluding hydrogens is 378 g/mol. The van der Waals surface area contributed by atoms with Crippen LogP contribution in [0.3, 0.4) is 0 Å². The summed E-state index contributed by atoms with van der Waals surface area (Å²) in [5.74, 6) is 0.782. The van der Waals surface area contributed by atoms with Crippen molar-refractivity contribution >= 4 is 15.9 Å². The lowest BCUT2D eigenvalue weighted by Crippen LogP contribution is -2.50. The average Bonchev–Trinajstić information content (AvgIpc) is 3.01. The maximum absolute atomic E-state index is 13.1. The lowest BCUT2D eigenvalue weighted by atomic mass is 10.2. The summed E-state index contributed by atoms with van der Waals surface area (Å²) in [4.78, 5) is 14.8. The molecule has 152 valence electrons. The molecule has 0 N–H and O–H groups in total. The normalized spacial score (nSPS) is 15.6. The Labute approximate surface area is 166 Å². The van der Waals surface area contributed by atoms with Gasteiger partial charge in [-0.15, -0.1) is 0 Å². The Morgan fingerprint density at radius 3 is 2.39 bits per heavy atom. The smallest absolute Gasteiger partial charge is 0.255 e. The number of ether oxygens (including phenoxy) is 1. The summed E-state index contributed by atoms with van der Waals surface area (Å²) in [5, 5.41) is 0. The van der Waals surface area contributed by atoms with Crippen LogP contribution in [0.1, 0.15) is 28.7 Å². The first-order valence-electron chi connectivity index (χ1n) is 9.39. The van der Waals surface area contributed by atoms with E-state index in [1.54, 1.807) is 18.9 Å². The van der Waals surface area contributed by atoms with E-state index >= 15 is 0 Å². The molecule has 3 rings (SSSR count). The number of carbonyl (C=O) groups is 1. The second-order valence-electron chi connectivity index (χ2n) is 6.91. The zero-order valence-electron chi connectivity index (χ0n) is 16.8. The van der Waals surface area contributed by atoms with Crippen LogP contribution in [0.25, 0.3) is 5.69 Å². The third-order valence-electron chi connectivity index (χ3n) is 5.26. The van der Waals surface area contributed by atoms with E-state index in [0.717, 1.165) is 22.8 Å². The van der Waals surface area contributed by atoms with E-state index in [-0.39, 0.29) is 11.7 Å². The minimum absolute atomic E-state index is 0.0595. The van der Waals surface area contributed by atoms with Gasteiger partial charge in [0, 0.05) is 49.3 Å². The van der Waals surface area contributed by atoms with Gasteiger partial charge < -0.3 is 14.2 Å². The van der Waals surface area contributed by atoms with Crippen molar-refractivity contribution in [3.63, 3.8) is 0 Å². The maximum Gasteiger partial charge on any atom is 0.255 e. The van der Waals surface area contributed by atoms with Crippen molar-refractivity contribution < 1.29 is 17.9 Å². The number of methoxy groups -OCH3 is 1. The molecule has 2 aromatic rings. The van der Waals surface area contributed by atoms with Gasteiger partial charge in [-0.05, 0) is 39.0 Å². The highest BCUT2D eigenvalue weighted by Crippen LogP contribution is 2.25. The number of amides is 1. The van der Waals surface area contributed by atoms with Gasteiger partial charge in [0.1, 0.15) is 5.75 Å². The molecular formula is C20H27N3O4S. The fourth-order valence-corrected chi connectivity index (χ4v) is 4.73. The number of hydrogen-bond donors (Lipinski definition) is 0. The van der Waals surface area contributed by atoms with Crippen LogP contribution >= 0.6 is 0 Å². The van der Waals surface area contributed by atoms with E-state index in [4.69, 9.17) is 4.74 Å². The average molecular weight is 406 g/mol. The van der Waals surface area contributed by atoms with Gasteiger partial charge in [-0.2, -0.15) is 4.31 Å². The zero-order valence-corrected chi connectivity index (χ0v) is 17.6. The largest absolute Gasteiger partial charge is 0.497 e. The van der Waals surface area contributed by atoms with Crippen molar-refractivity contribution in [2.24, 2.45) is 0 Å². The van der Waals surface area contributed by atoms with Gasteiger partial charge in [0.2, 0.25) is 10.0 Å². The third kappa shape index (κ3) is 3.79. The molecule has 2 heterocycles. The number of aromatic nitrogens is 1. The molecule has 0 aliphatic carbocycles. The molecule has 1 aromatic carbocycles. The molecule has 0 atom stereocenters. The van der Waals surface area contributed by atoms with E-state index in [1.165, 1.54) is 4.31 Å². The monoisotopic (exact) mass is 405 g/mol. The second-order valence-corrected chi connectivity index (χ2v) is 9.17. The number of aryl methyl sites for hydroxylation is 1. The quantitative estimate of drug-likeness (QED) is 0.765. The van der Waals surface area contributed by atoms with Gasteiger partial charge in [-0.1, -0.05) is 6.07 Å². The molecule has 1 aliphatic rings. The van der Waals surface area contributed by atoms with Crippen molar-refractivity contribution in [2.45, 2.75) is 20.8 Å². The van der Waals surface area contributed by atoms with Gasteiger partial charge >= 0.3 is 0 Å². The molecule has 1 saturated heterocycles. The molecule has 0 spiro atoms. The maximum atomic E-state index is 13.1. The van der Waals surface area contributed by atoms with E-state index in [9.17, 15) is 13.2 Å². The van der Waals surface area contributed by atoms with E-state index in [2.05, 4.69) is 0 Å². The first-order valence-corrected chi connectivity index (χ1v) is 11.0. The predicted octanol–water partition coefficient (Wildman–Crippen LogP) is 2.21.